The lowest BCUT2D eigenvalue weighted by molar-refractivity contribution is -0.138. The number of fused-ring (bicyclic) bond motifs is 1. The van der Waals surface area contributed by atoms with Gasteiger partial charge in [0.15, 0.2) is 0 Å². The van der Waals surface area contributed by atoms with E-state index in [9.17, 15) is 17.6 Å². The van der Waals surface area contributed by atoms with Crippen LogP contribution in [0.3, 0.4) is 0 Å². The van der Waals surface area contributed by atoms with Gasteiger partial charge in [0.05, 0.1) is 11.1 Å². The summed E-state index contributed by atoms with van der Waals surface area (Å²) in [6.45, 7) is 0.410. The summed E-state index contributed by atoms with van der Waals surface area (Å²) in [7, 11) is 3.91. The number of anilines is 2. The van der Waals surface area contributed by atoms with Crippen molar-refractivity contribution >= 4 is 22.7 Å². The fourth-order valence-electron chi connectivity index (χ4n) is 4.56. The minimum absolute atomic E-state index is 0.141. The molecular formula is C25H29F4N5. The van der Waals surface area contributed by atoms with Gasteiger partial charge in [-0.25, -0.2) is 9.37 Å². The molecular weight excluding hydrogens is 446 g/mol. The highest BCUT2D eigenvalue weighted by atomic mass is 19.4. The monoisotopic (exact) mass is 475 g/mol. The van der Waals surface area contributed by atoms with E-state index >= 15 is 0 Å². The van der Waals surface area contributed by atoms with Gasteiger partial charge >= 0.3 is 6.18 Å². The second kappa shape index (κ2) is 10.1. The Balaban J connectivity index is 1.31. The van der Waals surface area contributed by atoms with Gasteiger partial charge in [0.25, 0.3) is 0 Å². The summed E-state index contributed by atoms with van der Waals surface area (Å²) in [6, 6.07) is 11.2. The van der Waals surface area contributed by atoms with E-state index in [1.54, 1.807) is 0 Å². The molecule has 4 rings (SSSR count). The summed E-state index contributed by atoms with van der Waals surface area (Å²) in [4.78, 5) is 11.3. The van der Waals surface area contributed by atoms with E-state index in [4.69, 9.17) is 4.98 Å². The highest BCUT2D eigenvalue weighted by molar-refractivity contribution is 5.90. The lowest BCUT2D eigenvalue weighted by Crippen LogP contribution is -2.32. The maximum Gasteiger partial charge on any atom is 0.416 e. The summed E-state index contributed by atoms with van der Waals surface area (Å²) >= 11 is 0. The molecule has 0 radical (unpaired) electrons. The van der Waals surface area contributed by atoms with Gasteiger partial charge in [0.2, 0.25) is 5.95 Å². The Kier molecular flexibility index (Phi) is 7.21. The number of hydrogen-bond donors (Lipinski definition) is 2. The Labute approximate surface area is 196 Å². The minimum Gasteiger partial charge on any atom is -0.362 e. The summed E-state index contributed by atoms with van der Waals surface area (Å²) in [6.07, 6.45) is -0.912. The van der Waals surface area contributed by atoms with Crippen molar-refractivity contribution in [3.8, 4) is 0 Å². The average Bonchev–Trinajstić information content (AvgIpc) is 2.80. The Morgan fingerprint density at radius 3 is 2.41 bits per heavy atom. The number of rotatable bonds is 7. The summed E-state index contributed by atoms with van der Waals surface area (Å²) in [5.74, 6) is 0.956. The number of alkyl halides is 3. The van der Waals surface area contributed by atoms with Gasteiger partial charge in [-0.2, -0.15) is 18.2 Å². The molecule has 34 heavy (non-hydrogen) atoms. The van der Waals surface area contributed by atoms with Crippen LogP contribution in [0, 0.1) is 11.7 Å². The van der Waals surface area contributed by atoms with Crippen molar-refractivity contribution in [2.24, 2.45) is 5.92 Å². The van der Waals surface area contributed by atoms with Crippen LogP contribution in [0.15, 0.2) is 42.5 Å². The van der Waals surface area contributed by atoms with E-state index in [2.05, 4.69) is 15.6 Å². The fraction of sp³-hybridized carbons (Fsp3) is 0.440. The standard InChI is InChI=1S/C25H29F4N5/c1-34(2)23-18-6-3-4-9-22(18)32-24(33-23)31-17-12-10-16(11-13-17)14-30-15-19-20(25(27,28)29)7-5-8-21(19)26/h3-9,16-17,30H,10-15H2,1-2H3,(H,31,32,33)/t16-,17+. The number of aromatic nitrogens is 2. The van der Waals surface area contributed by atoms with Gasteiger partial charge in [-0.1, -0.05) is 18.2 Å². The van der Waals surface area contributed by atoms with Crippen LogP contribution in [0.1, 0.15) is 36.8 Å². The molecule has 2 aromatic carbocycles. The van der Waals surface area contributed by atoms with Crippen LogP contribution in [0.2, 0.25) is 0 Å². The lowest BCUT2D eigenvalue weighted by atomic mass is 9.86. The molecule has 0 unspecified atom stereocenters. The molecule has 1 aliphatic rings. The molecule has 1 aromatic heterocycles. The lowest BCUT2D eigenvalue weighted by Gasteiger charge is -2.29. The highest BCUT2D eigenvalue weighted by Gasteiger charge is 2.34. The molecule has 0 atom stereocenters. The van der Waals surface area contributed by atoms with Gasteiger partial charge in [-0.15, -0.1) is 0 Å². The largest absolute Gasteiger partial charge is 0.416 e. The van der Waals surface area contributed by atoms with Crippen molar-refractivity contribution in [1.82, 2.24) is 15.3 Å². The van der Waals surface area contributed by atoms with Crippen molar-refractivity contribution < 1.29 is 17.6 Å². The number of benzene rings is 2. The fourth-order valence-corrected chi connectivity index (χ4v) is 4.56. The van der Waals surface area contributed by atoms with Gasteiger partial charge < -0.3 is 15.5 Å². The van der Waals surface area contributed by atoms with E-state index in [1.165, 1.54) is 0 Å². The zero-order valence-corrected chi connectivity index (χ0v) is 19.3. The number of hydrogen-bond acceptors (Lipinski definition) is 5. The third kappa shape index (κ3) is 5.58. The molecule has 3 aromatic rings. The number of nitrogens with zero attached hydrogens (tertiary/aromatic N) is 3. The Morgan fingerprint density at radius 1 is 0.971 bits per heavy atom. The Morgan fingerprint density at radius 2 is 1.71 bits per heavy atom. The number of nitrogens with one attached hydrogen (secondary N) is 2. The predicted octanol–water partition coefficient (Wildman–Crippen LogP) is 5.61. The first-order valence-corrected chi connectivity index (χ1v) is 11.5. The Bertz CT molecular complexity index is 1120. The smallest absolute Gasteiger partial charge is 0.362 e. The molecule has 9 heteroatoms. The molecule has 0 amide bonds. The van der Waals surface area contributed by atoms with Crippen LogP contribution in [-0.4, -0.2) is 36.6 Å². The van der Waals surface area contributed by atoms with Gasteiger partial charge in [-0.3, -0.25) is 0 Å². The Hall–Kier alpha value is -2.94. The van der Waals surface area contributed by atoms with Gasteiger partial charge in [0, 0.05) is 37.6 Å². The van der Waals surface area contributed by atoms with Crippen molar-refractivity contribution in [2.45, 2.75) is 44.4 Å². The van der Waals surface area contributed by atoms with Crippen LogP contribution in [0.25, 0.3) is 10.9 Å². The normalized spacial score (nSPS) is 18.8. The average molecular weight is 476 g/mol. The maximum atomic E-state index is 14.0. The van der Waals surface area contributed by atoms with Crippen LogP contribution in [0.4, 0.5) is 29.3 Å². The first kappa shape index (κ1) is 24.2. The SMILES string of the molecule is CN(C)c1nc(N[C@H]2CC[C@@H](CNCc3c(F)cccc3C(F)(F)F)CC2)nc2ccccc12. The zero-order chi connectivity index (χ0) is 24.3. The van der Waals surface area contributed by atoms with Crippen molar-refractivity contribution in [2.75, 3.05) is 30.9 Å². The van der Waals surface area contributed by atoms with E-state index in [-0.39, 0.29) is 18.2 Å². The van der Waals surface area contributed by atoms with Crippen LogP contribution in [-0.2, 0) is 12.7 Å². The zero-order valence-electron chi connectivity index (χ0n) is 19.3. The molecule has 0 bridgehead atoms. The van der Waals surface area contributed by atoms with Gasteiger partial charge in [-0.05, 0) is 62.4 Å². The number of para-hydroxylation sites is 1. The first-order chi connectivity index (χ1) is 16.2. The van der Waals surface area contributed by atoms with E-state index in [0.29, 0.717) is 18.4 Å². The molecule has 0 saturated heterocycles. The summed E-state index contributed by atoms with van der Waals surface area (Å²) < 4.78 is 53.5. The third-order valence-electron chi connectivity index (χ3n) is 6.35. The highest BCUT2D eigenvalue weighted by Crippen LogP contribution is 2.33. The molecule has 0 spiro atoms. The number of halogens is 4. The molecule has 1 aliphatic carbocycles. The van der Waals surface area contributed by atoms with E-state index in [0.717, 1.165) is 60.6 Å². The topological polar surface area (TPSA) is 53.1 Å². The summed E-state index contributed by atoms with van der Waals surface area (Å²) in [5.41, 5.74) is -0.358. The van der Waals surface area contributed by atoms with E-state index < -0.39 is 17.6 Å². The second-order valence-corrected chi connectivity index (χ2v) is 9.04. The third-order valence-corrected chi connectivity index (χ3v) is 6.35. The first-order valence-electron chi connectivity index (χ1n) is 11.5. The molecule has 1 saturated carbocycles. The molecule has 182 valence electrons. The van der Waals surface area contributed by atoms with Crippen molar-refractivity contribution in [1.29, 1.82) is 0 Å². The summed E-state index contributed by atoms with van der Waals surface area (Å²) in [5, 5.41) is 7.49. The molecule has 2 N–H and O–H groups in total. The van der Waals surface area contributed by atoms with E-state index in [1.807, 2.05) is 43.3 Å². The van der Waals surface area contributed by atoms with Crippen molar-refractivity contribution in [3.63, 3.8) is 0 Å². The molecule has 1 heterocycles. The van der Waals surface area contributed by atoms with Crippen LogP contribution >= 0.6 is 0 Å². The van der Waals surface area contributed by atoms with Crippen molar-refractivity contribution in [3.05, 3.63) is 59.4 Å². The van der Waals surface area contributed by atoms with Crippen LogP contribution < -0.4 is 15.5 Å². The second-order valence-electron chi connectivity index (χ2n) is 9.04. The minimum atomic E-state index is -4.57. The molecule has 5 nitrogen and oxygen atoms in total. The van der Waals surface area contributed by atoms with Gasteiger partial charge in [0.1, 0.15) is 11.6 Å². The maximum absolute atomic E-state index is 14.0. The predicted molar refractivity (Wildman–Crippen MR) is 126 cm³/mol. The molecule has 0 aliphatic heterocycles. The van der Waals surface area contributed by atoms with Crippen LogP contribution in [0.5, 0.6) is 0 Å². The quantitative estimate of drug-likeness (QED) is 0.435. The molecule has 1 fully saturated rings.